The van der Waals surface area contributed by atoms with Crippen LogP contribution in [0.3, 0.4) is 0 Å². The molecule has 1 rings (SSSR count). The lowest BCUT2D eigenvalue weighted by atomic mass is 9.86. The quantitative estimate of drug-likeness (QED) is 0.344. The highest BCUT2D eigenvalue weighted by atomic mass is 14.2. The van der Waals surface area contributed by atoms with Gasteiger partial charge in [-0.1, -0.05) is 116 Å². The summed E-state index contributed by atoms with van der Waals surface area (Å²) in [5.74, 6) is 0. The van der Waals surface area contributed by atoms with Gasteiger partial charge in [-0.3, -0.25) is 0 Å². The Morgan fingerprint density at radius 3 is 1.74 bits per heavy atom. The summed E-state index contributed by atoms with van der Waals surface area (Å²) in [5, 5.41) is 0. The summed E-state index contributed by atoms with van der Waals surface area (Å²) in [6.07, 6.45) is 16.9. The van der Waals surface area contributed by atoms with Crippen LogP contribution in [0.2, 0.25) is 0 Å². The van der Waals surface area contributed by atoms with Crippen LogP contribution in [-0.2, 0) is 11.8 Å². The lowest BCUT2D eigenvalue weighted by molar-refractivity contribution is 0.549. The van der Waals surface area contributed by atoms with Crippen LogP contribution in [0.15, 0.2) is 24.3 Å². The van der Waals surface area contributed by atoms with E-state index in [9.17, 15) is 0 Å². The predicted octanol–water partition coefficient (Wildman–Crippen LogP) is 7.84. The zero-order valence-electron chi connectivity index (χ0n) is 16.3. The second-order valence-electron chi connectivity index (χ2n) is 8.24. The number of aryl methyl sites for hydroxylation is 1. The normalized spacial score (nSPS) is 11.8. The molecular formula is C23H40. The molecule has 132 valence electrons. The minimum atomic E-state index is 0.271. The summed E-state index contributed by atoms with van der Waals surface area (Å²) in [6, 6.07) is 9.21. The maximum atomic E-state index is 2.41. The molecule has 0 spiro atoms. The molecule has 0 aliphatic carbocycles. The van der Waals surface area contributed by atoms with Crippen molar-refractivity contribution in [2.45, 2.75) is 110 Å². The molecule has 0 aromatic heterocycles. The Balaban J connectivity index is 2.03. The molecule has 0 atom stereocenters. The third-order valence-electron chi connectivity index (χ3n) is 4.86. The second-order valence-corrected chi connectivity index (χ2v) is 8.24. The minimum absolute atomic E-state index is 0.271. The van der Waals surface area contributed by atoms with Crippen LogP contribution in [-0.4, -0.2) is 0 Å². The molecule has 0 amide bonds. The third kappa shape index (κ3) is 9.84. The first-order valence-electron chi connectivity index (χ1n) is 10.1. The maximum absolute atomic E-state index is 2.41. The van der Waals surface area contributed by atoms with Gasteiger partial charge in [-0.25, -0.2) is 0 Å². The molecule has 0 N–H and O–H groups in total. The smallest absolute Gasteiger partial charge is 0.0132 e. The highest BCUT2D eigenvalue weighted by Gasteiger charge is 2.13. The monoisotopic (exact) mass is 316 g/mol. The van der Waals surface area contributed by atoms with Crippen LogP contribution in [0.25, 0.3) is 0 Å². The van der Waals surface area contributed by atoms with Gasteiger partial charge in [0.1, 0.15) is 0 Å². The largest absolute Gasteiger partial charge is 0.0654 e. The molecule has 0 heterocycles. The van der Waals surface area contributed by atoms with Gasteiger partial charge in [0.25, 0.3) is 0 Å². The highest BCUT2D eigenvalue weighted by Crippen LogP contribution is 2.23. The molecule has 0 fully saturated rings. The second kappa shape index (κ2) is 11.7. The van der Waals surface area contributed by atoms with Gasteiger partial charge in [0.15, 0.2) is 0 Å². The van der Waals surface area contributed by atoms with E-state index >= 15 is 0 Å². The van der Waals surface area contributed by atoms with Crippen molar-refractivity contribution in [3.63, 3.8) is 0 Å². The van der Waals surface area contributed by atoms with E-state index in [0.717, 1.165) is 0 Å². The predicted molar refractivity (Wildman–Crippen MR) is 105 cm³/mol. The molecule has 0 aliphatic heterocycles. The van der Waals surface area contributed by atoms with Gasteiger partial charge in [0.05, 0.1) is 0 Å². The van der Waals surface area contributed by atoms with Crippen LogP contribution in [0.4, 0.5) is 0 Å². The molecule has 0 heteroatoms. The molecule has 0 unspecified atom stereocenters. The van der Waals surface area contributed by atoms with Crippen LogP contribution in [0, 0.1) is 0 Å². The number of unbranched alkanes of at least 4 members (excludes halogenated alkanes) is 10. The Morgan fingerprint density at radius 2 is 1.22 bits per heavy atom. The van der Waals surface area contributed by atoms with Gasteiger partial charge in [-0.15, -0.1) is 0 Å². The lowest BCUT2D eigenvalue weighted by Gasteiger charge is -2.19. The topological polar surface area (TPSA) is 0 Å². The first-order valence-corrected chi connectivity index (χ1v) is 10.1. The van der Waals surface area contributed by atoms with E-state index in [2.05, 4.69) is 52.0 Å². The fraction of sp³-hybridized carbons (Fsp3) is 0.739. The van der Waals surface area contributed by atoms with Gasteiger partial charge in [-0.05, 0) is 29.4 Å². The van der Waals surface area contributed by atoms with Gasteiger partial charge in [0.2, 0.25) is 0 Å². The third-order valence-corrected chi connectivity index (χ3v) is 4.86. The zero-order valence-corrected chi connectivity index (χ0v) is 16.3. The molecule has 0 saturated carbocycles. The average Bonchev–Trinajstić information content (AvgIpc) is 2.52. The molecular weight excluding hydrogens is 276 g/mol. The molecule has 0 radical (unpaired) electrons. The molecule has 0 aliphatic rings. The van der Waals surface area contributed by atoms with E-state index in [1.54, 1.807) is 0 Å². The van der Waals surface area contributed by atoms with E-state index in [1.807, 2.05) is 0 Å². The van der Waals surface area contributed by atoms with Crippen molar-refractivity contribution in [1.29, 1.82) is 0 Å². The first kappa shape index (κ1) is 20.3. The van der Waals surface area contributed by atoms with Crippen LogP contribution >= 0.6 is 0 Å². The Labute approximate surface area is 146 Å². The van der Waals surface area contributed by atoms with Crippen molar-refractivity contribution in [2.75, 3.05) is 0 Å². The van der Waals surface area contributed by atoms with Crippen LogP contribution in [0.1, 0.15) is 109 Å². The van der Waals surface area contributed by atoms with E-state index in [1.165, 1.54) is 88.2 Å². The van der Waals surface area contributed by atoms with Gasteiger partial charge < -0.3 is 0 Å². The lowest BCUT2D eigenvalue weighted by Crippen LogP contribution is -2.11. The number of benzene rings is 1. The Bertz CT molecular complexity index is 397. The molecule has 0 saturated heterocycles. The van der Waals surface area contributed by atoms with Crippen molar-refractivity contribution in [1.82, 2.24) is 0 Å². The van der Waals surface area contributed by atoms with Crippen molar-refractivity contribution >= 4 is 0 Å². The van der Waals surface area contributed by atoms with Crippen molar-refractivity contribution in [2.24, 2.45) is 0 Å². The minimum Gasteiger partial charge on any atom is -0.0654 e. The molecule has 0 bridgehead atoms. The summed E-state index contributed by atoms with van der Waals surface area (Å²) in [7, 11) is 0. The summed E-state index contributed by atoms with van der Waals surface area (Å²) in [4.78, 5) is 0. The first-order chi connectivity index (χ1) is 11.0. The molecule has 23 heavy (non-hydrogen) atoms. The van der Waals surface area contributed by atoms with Gasteiger partial charge in [0, 0.05) is 0 Å². The van der Waals surface area contributed by atoms with Crippen LogP contribution < -0.4 is 0 Å². The fourth-order valence-electron chi connectivity index (χ4n) is 3.19. The van der Waals surface area contributed by atoms with E-state index in [0.29, 0.717) is 0 Å². The summed E-state index contributed by atoms with van der Waals surface area (Å²) in [6.45, 7) is 9.19. The Kier molecular flexibility index (Phi) is 10.3. The molecule has 1 aromatic rings. The molecule has 0 nitrogen and oxygen atoms in total. The summed E-state index contributed by atoms with van der Waals surface area (Å²) < 4.78 is 0. The SMILES string of the molecule is CCCCCCCCCCCCCc1cccc(C(C)(C)C)c1. The van der Waals surface area contributed by atoms with Crippen molar-refractivity contribution in [3.8, 4) is 0 Å². The summed E-state index contributed by atoms with van der Waals surface area (Å²) >= 11 is 0. The van der Waals surface area contributed by atoms with E-state index < -0.39 is 0 Å². The number of hydrogen-bond acceptors (Lipinski definition) is 0. The van der Waals surface area contributed by atoms with E-state index in [4.69, 9.17) is 0 Å². The van der Waals surface area contributed by atoms with Crippen LogP contribution in [0.5, 0.6) is 0 Å². The number of rotatable bonds is 12. The Hall–Kier alpha value is -0.780. The van der Waals surface area contributed by atoms with Gasteiger partial charge >= 0.3 is 0 Å². The van der Waals surface area contributed by atoms with Crippen molar-refractivity contribution < 1.29 is 0 Å². The van der Waals surface area contributed by atoms with Gasteiger partial charge in [-0.2, -0.15) is 0 Å². The maximum Gasteiger partial charge on any atom is -0.0132 e. The summed E-state index contributed by atoms with van der Waals surface area (Å²) in [5.41, 5.74) is 3.26. The van der Waals surface area contributed by atoms with Crippen molar-refractivity contribution in [3.05, 3.63) is 35.4 Å². The number of hydrogen-bond donors (Lipinski definition) is 0. The molecule has 1 aromatic carbocycles. The standard InChI is InChI=1S/C23H40/c1-5-6-7-8-9-10-11-12-13-14-15-17-21-18-16-19-22(20-21)23(2,3)4/h16,18-20H,5-15,17H2,1-4H3. The van der Waals surface area contributed by atoms with E-state index in [-0.39, 0.29) is 5.41 Å². The zero-order chi connectivity index (χ0) is 17.0. The fourth-order valence-corrected chi connectivity index (χ4v) is 3.19. The average molecular weight is 317 g/mol. The highest BCUT2D eigenvalue weighted by molar-refractivity contribution is 5.28. The Morgan fingerprint density at radius 1 is 0.696 bits per heavy atom.